The van der Waals surface area contributed by atoms with Crippen molar-refractivity contribution in [1.29, 1.82) is 0 Å². The van der Waals surface area contributed by atoms with E-state index in [1.807, 2.05) is 0 Å². The number of ether oxygens (including phenoxy) is 2. The van der Waals surface area contributed by atoms with Gasteiger partial charge in [0, 0.05) is 5.56 Å². The molecule has 0 unspecified atom stereocenters. The number of para-hydroxylation sites is 1. The third-order valence-electron chi connectivity index (χ3n) is 1.91. The average molecular weight is 246 g/mol. The summed E-state index contributed by atoms with van der Waals surface area (Å²) >= 11 is 0. The SMILES string of the molecule is COc1cccc(COS(C)(=O)=O)c1OC. The molecule has 5 nitrogen and oxygen atoms in total. The molecule has 1 aromatic carbocycles. The molecule has 6 heteroatoms. The molecule has 16 heavy (non-hydrogen) atoms. The lowest BCUT2D eigenvalue weighted by Gasteiger charge is -2.11. The van der Waals surface area contributed by atoms with Crippen LogP contribution < -0.4 is 9.47 Å². The van der Waals surface area contributed by atoms with Gasteiger partial charge in [0.25, 0.3) is 10.1 Å². The maximum Gasteiger partial charge on any atom is 0.264 e. The third-order valence-corrected chi connectivity index (χ3v) is 2.46. The number of hydrogen-bond donors (Lipinski definition) is 0. The van der Waals surface area contributed by atoms with Crippen LogP contribution in [-0.2, 0) is 20.9 Å². The fourth-order valence-electron chi connectivity index (χ4n) is 1.24. The van der Waals surface area contributed by atoms with Gasteiger partial charge in [-0.2, -0.15) is 8.42 Å². The first kappa shape index (κ1) is 12.8. The van der Waals surface area contributed by atoms with Crippen LogP contribution >= 0.6 is 0 Å². The van der Waals surface area contributed by atoms with Crippen LogP contribution in [-0.4, -0.2) is 28.9 Å². The molecule has 0 atom stereocenters. The highest BCUT2D eigenvalue weighted by molar-refractivity contribution is 7.85. The summed E-state index contributed by atoms with van der Waals surface area (Å²) in [6.07, 6.45) is 1.000. The van der Waals surface area contributed by atoms with Gasteiger partial charge < -0.3 is 9.47 Å². The molecular weight excluding hydrogens is 232 g/mol. The summed E-state index contributed by atoms with van der Waals surface area (Å²) in [6.45, 7) is -0.0702. The van der Waals surface area contributed by atoms with Crippen LogP contribution in [0, 0.1) is 0 Å². The Balaban J connectivity index is 2.95. The highest BCUT2D eigenvalue weighted by Gasteiger charge is 2.11. The Morgan fingerprint density at radius 1 is 1.19 bits per heavy atom. The van der Waals surface area contributed by atoms with Gasteiger partial charge in [-0.25, -0.2) is 0 Å². The predicted octanol–water partition coefficient (Wildman–Crippen LogP) is 1.18. The molecular formula is C10H14O5S. The molecule has 0 aliphatic heterocycles. The lowest BCUT2D eigenvalue weighted by Crippen LogP contribution is -2.04. The second-order valence-corrected chi connectivity index (χ2v) is 4.76. The van der Waals surface area contributed by atoms with Crippen LogP contribution in [0.1, 0.15) is 5.56 Å². The van der Waals surface area contributed by atoms with Crippen LogP contribution in [0.3, 0.4) is 0 Å². The molecule has 0 aliphatic rings. The van der Waals surface area contributed by atoms with Crippen molar-refractivity contribution in [3.63, 3.8) is 0 Å². The topological polar surface area (TPSA) is 61.8 Å². The third kappa shape index (κ3) is 3.39. The molecule has 0 amide bonds. The first-order valence-electron chi connectivity index (χ1n) is 4.52. The molecule has 0 aromatic heterocycles. The van der Waals surface area contributed by atoms with Crippen molar-refractivity contribution in [3.8, 4) is 11.5 Å². The van der Waals surface area contributed by atoms with E-state index in [4.69, 9.17) is 13.7 Å². The van der Waals surface area contributed by atoms with Crippen molar-refractivity contribution in [2.75, 3.05) is 20.5 Å². The Labute approximate surface area is 95.1 Å². The fraction of sp³-hybridized carbons (Fsp3) is 0.400. The molecule has 0 radical (unpaired) electrons. The van der Waals surface area contributed by atoms with Crippen LogP contribution in [0.25, 0.3) is 0 Å². The summed E-state index contributed by atoms with van der Waals surface area (Å²) in [5.41, 5.74) is 0.618. The first-order chi connectivity index (χ1) is 7.48. The molecule has 0 bridgehead atoms. The summed E-state index contributed by atoms with van der Waals surface area (Å²) < 4.78 is 36.6. The average Bonchev–Trinajstić information content (AvgIpc) is 2.24. The molecule has 90 valence electrons. The second-order valence-electron chi connectivity index (χ2n) is 3.12. The van der Waals surface area contributed by atoms with E-state index in [1.165, 1.54) is 14.2 Å². The molecule has 0 saturated heterocycles. The highest BCUT2D eigenvalue weighted by atomic mass is 32.2. The number of hydrogen-bond acceptors (Lipinski definition) is 5. The van der Waals surface area contributed by atoms with Crippen molar-refractivity contribution in [3.05, 3.63) is 23.8 Å². The molecule has 0 N–H and O–H groups in total. The van der Waals surface area contributed by atoms with E-state index in [2.05, 4.69) is 0 Å². The van der Waals surface area contributed by atoms with Crippen LogP contribution in [0.15, 0.2) is 18.2 Å². The number of methoxy groups -OCH3 is 2. The summed E-state index contributed by atoms with van der Waals surface area (Å²) in [7, 11) is -0.462. The minimum atomic E-state index is -3.46. The Morgan fingerprint density at radius 2 is 1.88 bits per heavy atom. The molecule has 0 heterocycles. The fourth-order valence-corrected chi connectivity index (χ4v) is 1.58. The molecule has 0 saturated carbocycles. The zero-order valence-corrected chi connectivity index (χ0v) is 10.2. The van der Waals surface area contributed by atoms with Crippen LogP contribution in [0.4, 0.5) is 0 Å². The smallest absolute Gasteiger partial charge is 0.264 e. The largest absolute Gasteiger partial charge is 0.493 e. The van der Waals surface area contributed by atoms with E-state index < -0.39 is 10.1 Å². The Hall–Kier alpha value is -1.27. The van der Waals surface area contributed by atoms with Gasteiger partial charge >= 0.3 is 0 Å². The monoisotopic (exact) mass is 246 g/mol. The lowest BCUT2D eigenvalue weighted by molar-refractivity contribution is 0.296. The number of benzene rings is 1. The van der Waals surface area contributed by atoms with Gasteiger partial charge in [-0.05, 0) is 6.07 Å². The molecule has 1 rings (SSSR count). The van der Waals surface area contributed by atoms with Crippen LogP contribution in [0.2, 0.25) is 0 Å². The van der Waals surface area contributed by atoms with Gasteiger partial charge in [0.1, 0.15) is 0 Å². The van der Waals surface area contributed by atoms with E-state index in [-0.39, 0.29) is 6.61 Å². The summed E-state index contributed by atoms with van der Waals surface area (Å²) in [4.78, 5) is 0. The van der Waals surface area contributed by atoms with E-state index >= 15 is 0 Å². The Kier molecular flexibility index (Phi) is 4.14. The molecule has 0 fully saturated rings. The molecule has 0 aliphatic carbocycles. The standard InChI is InChI=1S/C10H14O5S/c1-13-9-6-4-5-8(10(9)14-2)7-15-16(3,11)12/h4-6H,7H2,1-3H3. The second kappa shape index (κ2) is 5.18. The number of rotatable bonds is 5. The first-order valence-corrected chi connectivity index (χ1v) is 6.34. The van der Waals surface area contributed by atoms with Gasteiger partial charge in [-0.15, -0.1) is 0 Å². The van der Waals surface area contributed by atoms with E-state index in [0.717, 1.165) is 6.26 Å². The van der Waals surface area contributed by atoms with Crippen molar-refractivity contribution >= 4 is 10.1 Å². The van der Waals surface area contributed by atoms with Gasteiger partial charge in [0.2, 0.25) is 0 Å². The summed E-state index contributed by atoms with van der Waals surface area (Å²) in [5, 5.41) is 0. The maximum atomic E-state index is 10.9. The van der Waals surface area contributed by atoms with Gasteiger partial charge in [-0.3, -0.25) is 4.18 Å². The Bertz CT molecular complexity index is 452. The van der Waals surface area contributed by atoms with Gasteiger partial charge in [0.15, 0.2) is 11.5 Å². The molecule has 0 spiro atoms. The Morgan fingerprint density at radius 3 is 2.38 bits per heavy atom. The van der Waals surface area contributed by atoms with Crippen molar-refractivity contribution in [2.24, 2.45) is 0 Å². The minimum absolute atomic E-state index is 0.0702. The zero-order valence-electron chi connectivity index (χ0n) is 9.39. The van der Waals surface area contributed by atoms with E-state index in [1.54, 1.807) is 18.2 Å². The van der Waals surface area contributed by atoms with E-state index in [0.29, 0.717) is 17.1 Å². The summed E-state index contributed by atoms with van der Waals surface area (Å²) in [5.74, 6) is 1.02. The van der Waals surface area contributed by atoms with Gasteiger partial charge in [-0.1, -0.05) is 12.1 Å². The zero-order chi connectivity index (χ0) is 12.2. The highest BCUT2D eigenvalue weighted by Crippen LogP contribution is 2.31. The lowest BCUT2D eigenvalue weighted by atomic mass is 10.2. The van der Waals surface area contributed by atoms with Crippen molar-refractivity contribution in [2.45, 2.75) is 6.61 Å². The maximum absolute atomic E-state index is 10.9. The predicted molar refractivity (Wildman–Crippen MR) is 59.2 cm³/mol. The van der Waals surface area contributed by atoms with Gasteiger partial charge in [0.05, 0.1) is 27.1 Å². The summed E-state index contributed by atoms with van der Waals surface area (Å²) in [6, 6.07) is 5.18. The van der Waals surface area contributed by atoms with Crippen LogP contribution in [0.5, 0.6) is 11.5 Å². The normalized spacial score (nSPS) is 11.2. The van der Waals surface area contributed by atoms with Crippen molar-refractivity contribution in [1.82, 2.24) is 0 Å². The molecule has 1 aromatic rings. The minimum Gasteiger partial charge on any atom is -0.493 e. The van der Waals surface area contributed by atoms with Crippen molar-refractivity contribution < 1.29 is 22.1 Å². The quantitative estimate of drug-likeness (QED) is 0.730. The van der Waals surface area contributed by atoms with E-state index in [9.17, 15) is 8.42 Å².